The summed E-state index contributed by atoms with van der Waals surface area (Å²) in [6.45, 7) is 12.1. The standard InChI is InChI=1S/C22H33Cl2NO4/c1-6-18-16-19(27-13-9-20(23)24)15-17(2)21(18)28-12-8-7-11-26-14-10-25-29-22(3,4)5/h9-10,15-16H,6-8,11-14H2,1-5H3. The minimum Gasteiger partial charge on any atom is -0.493 e. The average Bonchev–Trinajstić information content (AvgIpc) is 2.63. The third-order valence-corrected chi connectivity index (χ3v) is 4.03. The van der Waals surface area contributed by atoms with E-state index < -0.39 is 0 Å². The van der Waals surface area contributed by atoms with E-state index in [-0.39, 0.29) is 10.1 Å². The van der Waals surface area contributed by atoms with Gasteiger partial charge in [-0.05, 0) is 76.3 Å². The molecule has 1 aromatic rings. The minimum atomic E-state index is -0.275. The zero-order chi connectivity index (χ0) is 21.7. The molecule has 0 fully saturated rings. The molecular formula is C22H33Cl2NO4. The first-order chi connectivity index (χ1) is 13.7. The summed E-state index contributed by atoms with van der Waals surface area (Å²) in [7, 11) is 0. The van der Waals surface area contributed by atoms with Crippen LogP contribution in [0, 0.1) is 6.92 Å². The Bertz CT molecular complexity index is 666. The van der Waals surface area contributed by atoms with Crippen molar-refractivity contribution in [3.8, 4) is 11.5 Å². The maximum atomic E-state index is 6.03. The van der Waals surface area contributed by atoms with Crippen LogP contribution in [0.5, 0.6) is 11.5 Å². The zero-order valence-electron chi connectivity index (χ0n) is 18.1. The Labute approximate surface area is 184 Å². The largest absolute Gasteiger partial charge is 0.493 e. The van der Waals surface area contributed by atoms with Crippen molar-refractivity contribution in [3.63, 3.8) is 0 Å². The summed E-state index contributed by atoms with van der Waals surface area (Å²) in [6, 6.07) is 3.97. The van der Waals surface area contributed by atoms with Gasteiger partial charge in [0, 0.05) is 6.61 Å². The molecule has 0 aliphatic rings. The molecule has 0 radical (unpaired) electrons. The molecule has 0 N–H and O–H groups in total. The molecule has 1 rings (SSSR count). The Hall–Kier alpha value is -1.43. The van der Waals surface area contributed by atoms with Crippen LogP contribution in [0.4, 0.5) is 0 Å². The highest BCUT2D eigenvalue weighted by molar-refractivity contribution is 6.55. The Kier molecular flexibility index (Phi) is 12.1. The fourth-order valence-corrected chi connectivity index (χ4v) is 2.53. The molecular weight excluding hydrogens is 413 g/mol. The van der Waals surface area contributed by atoms with Gasteiger partial charge in [0.15, 0.2) is 0 Å². The molecule has 0 spiro atoms. The maximum absolute atomic E-state index is 6.03. The Balaban J connectivity index is 2.34. The van der Waals surface area contributed by atoms with Gasteiger partial charge in [0.2, 0.25) is 0 Å². The van der Waals surface area contributed by atoms with Gasteiger partial charge in [0.25, 0.3) is 0 Å². The fourth-order valence-electron chi connectivity index (χ4n) is 2.41. The first kappa shape index (κ1) is 25.6. The zero-order valence-corrected chi connectivity index (χ0v) is 19.6. The molecule has 0 atom stereocenters. The van der Waals surface area contributed by atoms with E-state index in [9.17, 15) is 0 Å². The summed E-state index contributed by atoms with van der Waals surface area (Å²) in [5.41, 5.74) is 1.89. The van der Waals surface area contributed by atoms with Crippen molar-refractivity contribution in [1.29, 1.82) is 0 Å². The number of nitrogens with zero attached hydrogens (tertiary/aromatic N) is 1. The van der Waals surface area contributed by atoms with Crippen LogP contribution in [-0.2, 0) is 16.0 Å². The predicted octanol–water partition coefficient (Wildman–Crippen LogP) is 6.23. The maximum Gasteiger partial charge on any atom is 0.129 e. The van der Waals surface area contributed by atoms with E-state index in [0.29, 0.717) is 26.4 Å². The normalized spacial score (nSPS) is 11.6. The number of rotatable bonds is 13. The lowest BCUT2D eigenvalue weighted by molar-refractivity contribution is 0.000659. The van der Waals surface area contributed by atoms with Gasteiger partial charge in [-0.1, -0.05) is 35.3 Å². The second-order valence-electron chi connectivity index (χ2n) is 7.51. The molecule has 29 heavy (non-hydrogen) atoms. The van der Waals surface area contributed by atoms with Crippen LogP contribution in [0.15, 0.2) is 27.9 Å². The fraction of sp³-hybridized carbons (Fsp3) is 0.591. The number of unbranched alkanes of at least 4 members (excludes halogenated alkanes) is 1. The van der Waals surface area contributed by atoms with E-state index in [0.717, 1.165) is 41.9 Å². The number of ether oxygens (including phenoxy) is 3. The van der Waals surface area contributed by atoms with Crippen LogP contribution >= 0.6 is 23.2 Å². The first-order valence-corrected chi connectivity index (χ1v) is 10.7. The Morgan fingerprint density at radius 3 is 2.45 bits per heavy atom. The summed E-state index contributed by atoms with van der Waals surface area (Å²) in [4.78, 5) is 5.24. The van der Waals surface area contributed by atoms with Crippen molar-refractivity contribution in [2.24, 2.45) is 5.16 Å². The molecule has 0 aliphatic carbocycles. The highest BCUT2D eigenvalue weighted by Gasteiger charge is 2.10. The second-order valence-corrected chi connectivity index (χ2v) is 8.52. The van der Waals surface area contributed by atoms with Gasteiger partial charge in [-0.2, -0.15) is 0 Å². The lowest BCUT2D eigenvalue weighted by Crippen LogP contribution is -2.15. The van der Waals surface area contributed by atoms with Crippen molar-refractivity contribution < 1.29 is 19.0 Å². The third-order valence-electron chi connectivity index (χ3n) is 3.72. The lowest BCUT2D eigenvalue weighted by atomic mass is 10.1. The molecule has 0 heterocycles. The van der Waals surface area contributed by atoms with Gasteiger partial charge >= 0.3 is 0 Å². The summed E-state index contributed by atoms with van der Waals surface area (Å²) in [6.07, 6.45) is 5.94. The molecule has 7 heteroatoms. The van der Waals surface area contributed by atoms with E-state index in [4.69, 9.17) is 42.3 Å². The summed E-state index contributed by atoms with van der Waals surface area (Å²) in [5.74, 6) is 1.71. The smallest absolute Gasteiger partial charge is 0.129 e. The van der Waals surface area contributed by atoms with Crippen LogP contribution in [0.3, 0.4) is 0 Å². The Morgan fingerprint density at radius 2 is 1.79 bits per heavy atom. The van der Waals surface area contributed by atoms with Gasteiger partial charge in [-0.25, -0.2) is 0 Å². The Morgan fingerprint density at radius 1 is 1.07 bits per heavy atom. The van der Waals surface area contributed by atoms with E-state index in [2.05, 4.69) is 12.1 Å². The molecule has 0 unspecified atom stereocenters. The van der Waals surface area contributed by atoms with E-state index in [1.165, 1.54) is 0 Å². The van der Waals surface area contributed by atoms with Crippen LogP contribution in [0.1, 0.15) is 51.7 Å². The highest BCUT2D eigenvalue weighted by Crippen LogP contribution is 2.30. The minimum absolute atomic E-state index is 0.201. The lowest BCUT2D eigenvalue weighted by Gasteiger charge is -2.16. The average molecular weight is 446 g/mol. The molecule has 164 valence electrons. The highest BCUT2D eigenvalue weighted by atomic mass is 35.5. The monoisotopic (exact) mass is 445 g/mol. The van der Waals surface area contributed by atoms with Crippen molar-refractivity contribution in [3.05, 3.63) is 33.8 Å². The molecule has 0 saturated carbocycles. The molecule has 0 bridgehead atoms. The first-order valence-electron chi connectivity index (χ1n) is 9.91. The van der Waals surface area contributed by atoms with Gasteiger partial charge in [0.1, 0.15) is 28.2 Å². The number of benzene rings is 1. The van der Waals surface area contributed by atoms with Crippen LogP contribution in [0.2, 0.25) is 0 Å². The number of hydrogen-bond acceptors (Lipinski definition) is 5. The SMILES string of the molecule is CCc1cc(OCC=C(Cl)Cl)cc(C)c1OCCCCOCC=NOC(C)(C)C. The van der Waals surface area contributed by atoms with Crippen molar-refractivity contribution in [2.45, 2.75) is 59.5 Å². The number of oxime groups is 1. The molecule has 5 nitrogen and oxygen atoms in total. The van der Waals surface area contributed by atoms with Gasteiger partial charge in [-0.3, -0.25) is 0 Å². The molecule has 0 saturated heterocycles. The predicted molar refractivity (Wildman–Crippen MR) is 121 cm³/mol. The van der Waals surface area contributed by atoms with Gasteiger partial charge in [-0.15, -0.1) is 0 Å². The molecule has 0 aliphatic heterocycles. The molecule has 0 aromatic heterocycles. The van der Waals surface area contributed by atoms with Crippen LogP contribution in [-0.4, -0.2) is 38.2 Å². The van der Waals surface area contributed by atoms with Crippen LogP contribution < -0.4 is 9.47 Å². The van der Waals surface area contributed by atoms with E-state index in [1.54, 1.807) is 12.3 Å². The van der Waals surface area contributed by atoms with E-state index >= 15 is 0 Å². The number of aryl methyl sites for hydroxylation is 2. The number of halogens is 2. The van der Waals surface area contributed by atoms with E-state index in [1.807, 2.05) is 39.8 Å². The van der Waals surface area contributed by atoms with Gasteiger partial charge in [0.05, 0.1) is 19.4 Å². The number of hydrogen-bond donors (Lipinski definition) is 0. The van der Waals surface area contributed by atoms with Crippen molar-refractivity contribution >= 4 is 29.4 Å². The molecule has 1 aromatic carbocycles. The van der Waals surface area contributed by atoms with Gasteiger partial charge < -0.3 is 19.0 Å². The van der Waals surface area contributed by atoms with Crippen molar-refractivity contribution in [1.82, 2.24) is 0 Å². The quantitative estimate of drug-likeness (QED) is 0.205. The summed E-state index contributed by atoms with van der Waals surface area (Å²) < 4.78 is 17.4. The van der Waals surface area contributed by atoms with Crippen molar-refractivity contribution in [2.75, 3.05) is 26.4 Å². The second kappa shape index (κ2) is 13.7. The summed E-state index contributed by atoms with van der Waals surface area (Å²) >= 11 is 11.2. The molecule has 0 amide bonds. The topological polar surface area (TPSA) is 49.3 Å². The third kappa shape index (κ3) is 12.0. The summed E-state index contributed by atoms with van der Waals surface area (Å²) in [5, 5.41) is 3.88. The van der Waals surface area contributed by atoms with Crippen LogP contribution in [0.25, 0.3) is 0 Å².